The summed E-state index contributed by atoms with van der Waals surface area (Å²) in [6, 6.07) is 25.9. The van der Waals surface area contributed by atoms with Crippen molar-refractivity contribution in [1.29, 1.82) is 0 Å². The van der Waals surface area contributed by atoms with E-state index < -0.39 is 12.2 Å². The lowest BCUT2D eigenvalue weighted by Crippen LogP contribution is -2.49. The number of rotatable bonds is 13. The van der Waals surface area contributed by atoms with E-state index in [4.69, 9.17) is 9.47 Å². The molecular formula is C34H44N4O5. The van der Waals surface area contributed by atoms with Gasteiger partial charge in [0.1, 0.15) is 36.9 Å². The smallest absolute Gasteiger partial charge is 0.163 e. The van der Waals surface area contributed by atoms with E-state index in [1.54, 1.807) is 18.2 Å². The van der Waals surface area contributed by atoms with Gasteiger partial charge in [-0.2, -0.15) is 0 Å². The number of β-amino-alcohol motifs (C(OH)–C–C–N with tert-alkyl or cyclic N) is 2. The summed E-state index contributed by atoms with van der Waals surface area (Å²) in [7, 11) is 0. The number of carbonyl (C=O) groups excluding carboxylic acids is 1. The molecule has 3 aromatic rings. The van der Waals surface area contributed by atoms with E-state index in [9.17, 15) is 15.0 Å². The molecule has 0 amide bonds. The molecule has 230 valence electrons. The highest BCUT2D eigenvalue weighted by atomic mass is 16.5. The van der Waals surface area contributed by atoms with E-state index in [0.29, 0.717) is 30.2 Å². The zero-order chi connectivity index (χ0) is 30.0. The summed E-state index contributed by atoms with van der Waals surface area (Å²) >= 11 is 0. The molecule has 0 saturated carbocycles. The van der Waals surface area contributed by atoms with Gasteiger partial charge in [0.25, 0.3) is 0 Å². The Morgan fingerprint density at radius 3 is 1.60 bits per heavy atom. The van der Waals surface area contributed by atoms with Crippen LogP contribution in [0.25, 0.3) is 0 Å². The van der Waals surface area contributed by atoms with Crippen molar-refractivity contribution in [3.05, 3.63) is 84.4 Å². The highest BCUT2D eigenvalue weighted by molar-refractivity contribution is 5.97. The Kier molecular flexibility index (Phi) is 10.9. The lowest BCUT2D eigenvalue weighted by Gasteiger charge is -2.36. The molecule has 2 aliphatic rings. The third kappa shape index (κ3) is 8.93. The molecule has 2 saturated heterocycles. The molecule has 0 aliphatic carbocycles. The van der Waals surface area contributed by atoms with E-state index in [-0.39, 0.29) is 19.0 Å². The van der Waals surface area contributed by atoms with E-state index in [1.165, 1.54) is 18.3 Å². The van der Waals surface area contributed by atoms with E-state index >= 15 is 0 Å². The van der Waals surface area contributed by atoms with E-state index in [1.807, 2.05) is 12.1 Å². The van der Waals surface area contributed by atoms with Crippen LogP contribution in [0, 0.1) is 0 Å². The van der Waals surface area contributed by atoms with Crippen LogP contribution in [-0.4, -0.2) is 117 Å². The van der Waals surface area contributed by atoms with Gasteiger partial charge in [0.15, 0.2) is 5.78 Å². The molecule has 0 radical (unpaired) electrons. The minimum Gasteiger partial charge on any atom is -0.491 e. The molecule has 2 atom stereocenters. The fraction of sp³-hybridized carbons (Fsp3) is 0.441. The predicted molar refractivity (Wildman–Crippen MR) is 170 cm³/mol. The molecule has 5 rings (SSSR count). The first-order valence-electron chi connectivity index (χ1n) is 15.3. The van der Waals surface area contributed by atoms with Gasteiger partial charge in [-0.15, -0.1) is 0 Å². The summed E-state index contributed by atoms with van der Waals surface area (Å²) in [5.41, 5.74) is 2.85. The predicted octanol–water partition coefficient (Wildman–Crippen LogP) is 3.01. The van der Waals surface area contributed by atoms with Crippen molar-refractivity contribution < 1.29 is 24.5 Å². The molecule has 43 heavy (non-hydrogen) atoms. The number of benzene rings is 3. The van der Waals surface area contributed by atoms with E-state index in [0.717, 1.165) is 52.4 Å². The number of hydrogen-bond acceptors (Lipinski definition) is 9. The molecule has 0 bridgehead atoms. The number of Topliss-reactive ketones (excluding diaryl/α,β-unsaturated/α-hetero) is 1. The van der Waals surface area contributed by atoms with Crippen LogP contribution in [0.3, 0.4) is 0 Å². The van der Waals surface area contributed by atoms with Gasteiger partial charge in [-0.05, 0) is 49.4 Å². The molecule has 2 N–H and O–H groups in total. The lowest BCUT2D eigenvalue weighted by molar-refractivity contribution is 0.0644. The first-order chi connectivity index (χ1) is 20.9. The molecule has 2 aliphatic heterocycles. The van der Waals surface area contributed by atoms with Crippen molar-refractivity contribution in [2.75, 3.05) is 88.5 Å². The first-order valence-corrected chi connectivity index (χ1v) is 15.3. The van der Waals surface area contributed by atoms with Crippen LogP contribution < -0.4 is 19.3 Å². The Morgan fingerprint density at radius 1 is 0.674 bits per heavy atom. The molecule has 9 nitrogen and oxygen atoms in total. The molecule has 9 heteroatoms. The van der Waals surface area contributed by atoms with Gasteiger partial charge in [0.05, 0.1) is 5.56 Å². The van der Waals surface area contributed by atoms with Crippen molar-refractivity contribution in [3.63, 3.8) is 0 Å². The number of aliphatic hydroxyl groups excluding tert-OH is 2. The average molecular weight is 589 g/mol. The zero-order valence-electron chi connectivity index (χ0n) is 25.1. The second-order valence-corrected chi connectivity index (χ2v) is 11.4. The number of aliphatic hydroxyl groups is 2. The van der Waals surface area contributed by atoms with Crippen LogP contribution in [0.1, 0.15) is 17.3 Å². The molecule has 2 heterocycles. The Labute approximate surface area is 254 Å². The maximum atomic E-state index is 12.4. The second kappa shape index (κ2) is 15.2. The van der Waals surface area contributed by atoms with Crippen LogP contribution >= 0.6 is 0 Å². The van der Waals surface area contributed by atoms with Gasteiger partial charge < -0.3 is 29.5 Å². The third-order valence-electron chi connectivity index (χ3n) is 8.13. The maximum Gasteiger partial charge on any atom is 0.163 e. The van der Waals surface area contributed by atoms with Crippen molar-refractivity contribution >= 4 is 17.2 Å². The number of ketones is 1. The molecular weight excluding hydrogens is 544 g/mol. The third-order valence-corrected chi connectivity index (χ3v) is 8.13. The molecule has 2 unspecified atom stereocenters. The summed E-state index contributed by atoms with van der Waals surface area (Å²) in [5.74, 6) is 0.774. The molecule has 0 spiro atoms. The largest absolute Gasteiger partial charge is 0.491 e. The van der Waals surface area contributed by atoms with Gasteiger partial charge in [-0.25, -0.2) is 0 Å². The van der Waals surface area contributed by atoms with Crippen LogP contribution in [0.4, 0.5) is 11.4 Å². The van der Waals surface area contributed by atoms with Gasteiger partial charge in [-0.1, -0.05) is 36.4 Å². The molecule has 2 fully saturated rings. The van der Waals surface area contributed by atoms with Gasteiger partial charge in [0, 0.05) is 76.8 Å². The number of anilines is 2. The number of para-hydroxylation sites is 2. The summed E-state index contributed by atoms with van der Waals surface area (Å²) in [6.45, 7) is 9.90. The Hall–Kier alpha value is -3.63. The van der Waals surface area contributed by atoms with Gasteiger partial charge in [0.2, 0.25) is 0 Å². The monoisotopic (exact) mass is 588 g/mol. The van der Waals surface area contributed by atoms with Gasteiger partial charge in [-0.3, -0.25) is 14.6 Å². The van der Waals surface area contributed by atoms with Crippen molar-refractivity contribution in [3.8, 4) is 11.5 Å². The quantitative estimate of drug-likeness (QED) is 0.293. The number of piperazine rings is 2. The standard InChI is InChI=1S/C34H44N4O5/c1-27(39)33-22-32(42-25-30(40)23-35-14-18-37(19-15-35)28-8-4-2-5-9-28)12-13-34(33)43-26-31(41)24-36-16-20-38(21-17-36)29-10-6-3-7-11-29/h2-13,22,30-31,40-41H,14-21,23-26H2,1H3. The number of nitrogens with zero attached hydrogens (tertiary/aromatic N) is 4. The Morgan fingerprint density at radius 2 is 1.14 bits per heavy atom. The van der Waals surface area contributed by atoms with Crippen molar-refractivity contribution in [1.82, 2.24) is 9.80 Å². The number of hydrogen-bond donors (Lipinski definition) is 2. The van der Waals surface area contributed by atoms with Crippen LogP contribution in [0.15, 0.2) is 78.9 Å². The fourth-order valence-corrected chi connectivity index (χ4v) is 5.73. The minimum atomic E-state index is -0.677. The summed E-state index contributed by atoms with van der Waals surface area (Å²) in [5, 5.41) is 21.3. The highest BCUT2D eigenvalue weighted by Gasteiger charge is 2.22. The summed E-state index contributed by atoms with van der Waals surface area (Å²) in [4.78, 5) is 21.6. The normalized spacial score (nSPS) is 17.8. The minimum absolute atomic E-state index is 0.0929. The summed E-state index contributed by atoms with van der Waals surface area (Å²) < 4.78 is 11.7. The van der Waals surface area contributed by atoms with Crippen LogP contribution in [0.2, 0.25) is 0 Å². The second-order valence-electron chi connectivity index (χ2n) is 11.4. The topological polar surface area (TPSA) is 89.0 Å². The average Bonchev–Trinajstić information content (AvgIpc) is 3.04. The van der Waals surface area contributed by atoms with Crippen molar-refractivity contribution in [2.24, 2.45) is 0 Å². The van der Waals surface area contributed by atoms with Crippen molar-refractivity contribution in [2.45, 2.75) is 19.1 Å². The van der Waals surface area contributed by atoms with E-state index in [2.05, 4.69) is 68.1 Å². The zero-order valence-corrected chi connectivity index (χ0v) is 25.1. The first kappa shape index (κ1) is 30.8. The Bertz CT molecular complexity index is 1280. The highest BCUT2D eigenvalue weighted by Crippen LogP contribution is 2.26. The molecule has 0 aromatic heterocycles. The van der Waals surface area contributed by atoms with Gasteiger partial charge >= 0.3 is 0 Å². The lowest BCUT2D eigenvalue weighted by atomic mass is 10.1. The SMILES string of the molecule is CC(=O)c1cc(OCC(O)CN2CCN(c3ccccc3)CC2)ccc1OCC(O)CN1CCN(c2ccccc2)CC1. The summed E-state index contributed by atoms with van der Waals surface area (Å²) in [6.07, 6.45) is -1.33. The maximum absolute atomic E-state index is 12.4. The van der Waals surface area contributed by atoms with Crippen LogP contribution in [-0.2, 0) is 0 Å². The Balaban J connectivity index is 1.03. The molecule has 3 aromatic carbocycles. The number of ether oxygens (including phenoxy) is 2. The fourth-order valence-electron chi connectivity index (χ4n) is 5.73. The number of carbonyl (C=O) groups is 1. The van der Waals surface area contributed by atoms with Crippen LogP contribution in [0.5, 0.6) is 11.5 Å².